The van der Waals surface area contributed by atoms with Crippen LogP contribution < -0.4 is 0 Å². The zero-order valence-corrected chi connectivity index (χ0v) is 10.5. The summed E-state index contributed by atoms with van der Waals surface area (Å²) in [5, 5.41) is 0. The van der Waals surface area contributed by atoms with Crippen molar-refractivity contribution in [3.05, 3.63) is 59.9 Å². The number of aromatic nitrogens is 1. The molecule has 1 aromatic heterocycles. The van der Waals surface area contributed by atoms with Crippen LogP contribution in [0.15, 0.2) is 53.7 Å². The number of pyridine rings is 1. The van der Waals surface area contributed by atoms with E-state index in [0.29, 0.717) is 5.56 Å². The molecule has 0 saturated heterocycles. The molecule has 0 N–H and O–H groups in total. The van der Waals surface area contributed by atoms with Crippen LogP contribution in [0, 0.1) is 0 Å². The van der Waals surface area contributed by atoms with E-state index < -0.39 is 9.84 Å². The van der Waals surface area contributed by atoms with Gasteiger partial charge in [-0.15, -0.1) is 0 Å². The van der Waals surface area contributed by atoms with Gasteiger partial charge in [0, 0.05) is 24.2 Å². The van der Waals surface area contributed by atoms with Crippen molar-refractivity contribution in [2.45, 2.75) is 4.90 Å². The lowest BCUT2D eigenvalue weighted by atomic mass is 10.1. The summed E-state index contributed by atoms with van der Waals surface area (Å²) in [6.45, 7) is 0. The number of carbonyl (C=O) groups is 1. The fourth-order valence-electron chi connectivity index (χ4n) is 1.62. The lowest BCUT2D eigenvalue weighted by Gasteiger charge is -2.06. The van der Waals surface area contributed by atoms with E-state index >= 15 is 0 Å². The van der Waals surface area contributed by atoms with Crippen LogP contribution in [-0.4, -0.2) is 25.4 Å². The van der Waals surface area contributed by atoms with Crippen molar-refractivity contribution in [2.24, 2.45) is 0 Å². The van der Waals surface area contributed by atoms with Gasteiger partial charge in [-0.2, -0.15) is 0 Å². The Morgan fingerprint density at radius 1 is 1.11 bits per heavy atom. The van der Waals surface area contributed by atoms with E-state index in [0.717, 1.165) is 6.26 Å². The number of sulfone groups is 1. The quantitative estimate of drug-likeness (QED) is 0.789. The number of benzene rings is 1. The van der Waals surface area contributed by atoms with E-state index in [-0.39, 0.29) is 16.2 Å². The van der Waals surface area contributed by atoms with E-state index in [4.69, 9.17) is 0 Å². The van der Waals surface area contributed by atoms with E-state index in [2.05, 4.69) is 4.98 Å². The molecule has 0 radical (unpaired) electrons. The largest absolute Gasteiger partial charge is 0.289 e. The summed E-state index contributed by atoms with van der Waals surface area (Å²) in [7, 11) is -3.45. The Labute approximate surface area is 105 Å². The van der Waals surface area contributed by atoms with Crippen molar-refractivity contribution in [1.29, 1.82) is 0 Å². The van der Waals surface area contributed by atoms with E-state index in [1.165, 1.54) is 18.5 Å². The average Bonchev–Trinajstić information content (AvgIpc) is 2.38. The smallest absolute Gasteiger partial charge is 0.195 e. The molecule has 0 spiro atoms. The third-order valence-corrected chi connectivity index (χ3v) is 3.62. The third-order valence-electron chi connectivity index (χ3n) is 2.46. The molecule has 1 heterocycles. The van der Waals surface area contributed by atoms with Crippen LogP contribution in [0.5, 0.6) is 0 Å². The Morgan fingerprint density at radius 3 is 2.39 bits per heavy atom. The summed E-state index contributed by atoms with van der Waals surface area (Å²) < 4.78 is 23.2. The maximum atomic E-state index is 12.2. The van der Waals surface area contributed by atoms with Crippen LogP contribution in [0.3, 0.4) is 0 Å². The summed E-state index contributed by atoms with van der Waals surface area (Å²) in [6.07, 6.45) is 3.72. The number of rotatable bonds is 3. The van der Waals surface area contributed by atoms with Crippen molar-refractivity contribution in [2.75, 3.05) is 6.26 Å². The first-order valence-corrected chi connectivity index (χ1v) is 7.13. The van der Waals surface area contributed by atoms with Gasteiger partial charge in [-0.05, 0) is 6.07 Å². The van der Waals surface area contributed by atoms with Crippen LogP contribution >= 0.6 is 0 Å². The molecular weight excluding hydrogens is 250 g/mol. The highest BCUT2D eigenvalue weighted by molar-refractivity contribution is 7.90. The molecule has 0 aliphatic heterocycles. The fourth-order valence-corrected chi connectivity index (χ4v) is 2.47. The zero-order chi connectivity index (χ0) is 13.2. The van der Waals surface area contributed by atoms with E-state index in [9.17, 15) is 13.2 Å². The molecule has 0 atom stereocenters. The Balaban J connectivity index is 2.57. The summed E-state index contributed by atoms with van der Waals surface area (Å²) in [6, 6.07) is 9.86. The van der Waals surface area contributed by atoms with Crippen LogP contribution in [0.2, 0.25) is 0 Å². The SMILES string of the molecule is CS(=O)(=O)c1ccncc1C(=O)c1ccccc1. The first kappa shape index (κ1) is 12.4. The molecule has 0 aliphatic carbocycles. The molecule has 2 aromatic rings. The minimum atomic E-state index is -3.45. The second-order valence-corrected chi connectivity index (χ2v) is 5.82. The lowest BCUT2D eigenvalue weighted by Crippen LogP contribution is -2.09. The van der Waals surface area contributed by atoms with Crippen molar-refractivity contribution in [3.63, 3.8) is 0 Å². The van der Waals surface area contributed by atoms with Crippen LogP contribution in [0.4, 0.5) is 0 Å². The summed E-state index contributed by atoms with van der Waals surface area (Å²) >= 11 is 0. The first-order chi connectivity index (χ1) is 8.50. The topological polar surface area (TPSA) is 64.1 Å². The standard InChI is InChI=1S/C13H11NO3S/c1-18(16,17)12-7-8-14-9-11(12)13(15)10-5-3-2-4-6-10/h2-9H,1H3. The molecule has 0 fully saturated rings. The lowest BCUT2D eigenvalue weighted by molar-refractivity contribution is 0.103. The van der Waals surface area contributed by atoms with Gasteiger partial charge in [-0.25, -0.2) is 8.42 Å². The Kier molecular flexibility index (Phi) is 3.25. The van der Waals surface area contributed by atoms with E-state index in [1.807, 2.05) is 0 Å². The summed E-state index contributed by atoms with van der Waals surface area (Å²) in [5.41, 5.74) is 0.543. The minimum Gasteiger partial charge on any atom is -0.289 e. The second kappa shape index (κ2) is 4.70. The molecule has 0 unspecified atom stereocenters. The average molecular weight is 261 g/mol. The van der Waals surface area contributed by atoms with Gasteiger partial charge in [0.05, 0.1) is 10.5 Å². The van der Waals surface area contributed by atoms with Gasteiger partial charge >= 0.3 is 0 Å². The van der Waals surface area contributed by atoms with Crippen LogP contribution in [0.25, 0.3) is 0 Å². The number of carbonyl (C=O) groups excluding carboxylic acids is 1. The van der Waals surface area contributed by atoms with Gasteiger partial charge in [-0.1, -0.05) is 30.3 Å². The number of hydrogen-bond donors (Lipinski definition) is 0. The maximum absolute atomic E-state index is 12.2. The summed E-state index contributed by atoms with van der Waals surface area (Å²) in [5.74, 6) is -0.343. The molecule has 1 aromatic carbocycles. The number of nitrogens with zero attached hydrogens (tertiary/aromatic N) is 1. The number of ketones is 1. The highest BCUT2D eigenvalue weighted by atomic mass is 32.2. The molecule has 5 heteroatoms. The Hall–Kier alpha value is -2.01. The van der Waals surface area contributed by atoms with Gasteiger partial charge < -0.3 is 0 Å². The molecule has 0 aliphatic rings. The summed E-state index contributed by atoms with van der Waals surface area (Å²) in [4.78, 5) is 16.0. The van der Waals surface area contributed by atoms with Crippen LogP contribution in [-0.2, 0) is 9.84 Å². The molecule has 4 nitrogen and oxygen atoms in total. The molecular formula is C13H11NO3S. The van der Waals surface area contributed by atoms with E-state index in [1.54, 1.807) is 30.3 Å². The Morgan fingerprint density at radius 2 is 1.78 bits per heavy atom. The van der Waals surface area contributed by atoms with Crippen molar-refractivity contribution < 1.29 is 13.2 Å². The predicted octanol–water partition coefficient (Wildman–Crippen LogP) is 1.72. The maximum Gasteiger partial charge on any atom is 0.195 e. The first-order valence-electron chi connectivity index (χ1n) is 5.24. The minimum absolute atomic E-state index is 0.00588. The zero-order valence-electron chi connectivity index (χ0n) is 9.70. The normalized spacial score (nSPS) is 11.2. The van der Waals surface area contributed by atoms with Crippen molar-refractivity contribution in [3.8, 4) is 0 Å². The molecule has 0 bridgehead atoms. The third kappa shape index (κ3) is 2.46. The van der Waals surface area contributed by atoms with Gasteiger partial charge in [0.1, 0.15) is 0 Å². The monoisotopic (exact) mass is 261 g/mol. The predicted molar refractivity (Wildman–Crippen MR) is 67.2 cm³/mol. The molecule has 18 heavy (non-hydrogen) atoms. The highest BCUT2D eigenvalue weighted by Gasteiger charge is 2.19. The van der Waals surface area contributed by atoms with Crippen molar-refractivity contribution >= 4 is 15.6 Å². The van der Waals surface area contributed by atoms with Crippen LogP contribution in [0.1, 0.15) is 15.9 Å². The molecule has 2 rings (SSSR count). The Bertz CT molecular complexity index is 678. The van der Waals surface area contributed by atoms with Gasteiger partial charge in [0.15, 0.2) is 15.6 Å². The highest BCUT2D eigenvalue weighted by Crippen LogP contribution is 2.17. The molecule has 0 saturated carbocycles. The molecule has 0 amide bonds. The van der Waals surface area contributed by atoms with Gasteiger partial charge in [-0.3, -0.25) is 9.78 Å². The van der Waals surface area contributed by atoms with Gasteiger partial charge in [0.25, 0.3) is 0 Å². The number of hydrogen-bond acceptors (Lipinski definition) is 4. The fraction of sp³-hybridized carbons (Fsp3) is 0.0769. The van der Waals surface area contributed by atoms with Crippen molar-refractivity contribution in [1.82, 2.24) is 4.98 Å². The molecule has 92 valence electrons. The second-order valence-electron chi connectivity index (χ2n) is 3.84. The van der Waals surface area contributed by atoms with Gasteiger partial charge in [0.2, 0.25) is 0 Å².